The van der Waals surface area contributed by atoms with Crippen LogP contribution in [0.2, 0.25) is 0 Å². The molecule has 0 amide bonds. The molecule has 1 aromatic carbocycles. The second-order valence-corrected chi connectivity index (χ2v) is 4.19. The minimum absolute atomic E-state index is 0.250. The Bertz CT molecular complexity index is 733. The fourth-order valence-corrected chi connectivity index (χ4v) is 1.80. The summed E-state index contributed by atoms with van der Waals surface area (Å²) >= 11 is 0. The van der Waals surface area contributed by atoms with Crippen molar-refractivity contribution in [1.29, 1.82) is 0 Å². The molecular weight excluding hydrogens is 228 g/mol. The zero-order valence-corrected chi connectivity index (χ0v) is 9.81. The number of nitrogens with two attached hydrogens (primary N) is 1. The number of rotatable bonds is 1. The van der Waals surface area contributed by atoms with Crippen molar-refractivity contribution >= 4 is 17.0 Å². The molecule has 18 heavy (non-hydrogen) atoms. The predicted molar refractivity (Wildman–Crippen MR) is 70.1 cm³/mol. The molecule has 0 fully saturated rings. The third-order valence-electron chi connectivity index (χ3n) is 2.85. The number of aromatic nitrogens is 3. The first-order chi connectivity index (χ1) is 8.63. The molecule has 5 heteroatoms. The highest BCUT2D eigenvalue weighted by atomic mass is 16.3. The number of hydrogen-bond acceptors (Lipinski definition) is 4. The molecule has 0 bridgehead atoms. The number of phenolic OH excluding ortho intramolecular Hbond substituents is 1. The van der Waals surface area contributed by atoms with Crippen LogP contribution >= 0.6 is 0 Å². The van der Waals surface area contributed by atoms with Gasteiger partial charge in [0.2, 0.25) is 0 Å². The molecular formula is C13H12N4O. The number of hydrogen-bond donors (Lipinski definition) is 3. The van der Waals surface area contributed by atoms with Crippen molar-refractivity contribution in [1.82, 2.24) is 15.0 Å². The standard InChI is InChI=1S/C13H12N4O/c1-7-2-3-8(6-10(7)18)12-15-9-4-5-11(14)16-13(9)17-12/h2-6,18H,1H3,(H3,14,15,16,17). The smallest absolute Gasteiger partial charge is 0.180 e. The van der Waals surface area contributed by atoms with Crippen LogP contribution in [-0.2, 0) is 0 Å². The van der Waals surface area contributed by atoms with Crippen molar-refractivity contribution in [3.63, 3.8) is 0 Å². The van der Waals surface area contributed by atoms with Crippen molar-refractivity contribution in [2.75, 3.05) is 5.73 Å². The summed E-state index contributed by atoms with van der Waals surface area (Å²) in [5, 5.41) is 9.70. The van der Waals surface area contributed by atoms with E-state index >= 15 is 0 Å². The molecule has 5 nitrogen and oxygen atoms in total. The van der Waals surface area contributed by atoms with Crippen LogP contribution in [0.4, 0.5) is 5.82 Å². The molecule has 90 valence electrons. The molecule has 3 aromatic rings. The number of nitrogens with zero attached hydrogens (tertiary/aromatic N) is 2. The molecule has 0 atom stereocenters. The second-order valence-electron chi connectivity index (χ2n) is 4.19. The third kappa shape index (κ3) is 1.66. The number of nitrogen functional groups attached to an aromatic ring is 1. The van der Waals surface area contributed by atoms with Crippen LogP contribution in [0.3, 0.4) is 0 Å². The zero-order valence-electron chi connectivity index (χ0n) is 9.81. The van der Waals surface area contributed by atoms with Gasteiger partial charge in [-0.25, -0.2) is 9.97 Å². The van der Waals surface area contributed by atoms with Crippen molar-refractivity contribution in [3.8, 4) is 17.1 Å². The second kappa shape index (κ2) is 3.73. The maximum atomic E-state index is 9.70. The minimum Gasteiger partial charge on any atom is -0.508 e. The molecule has 4 N–H and O–H groups in total. The highest BCUT2D eigenvalue weighted by Crippen LogP contribution is 2.25. The lowest BCUT2D eigenvalue weighted by atomic mass is 10.1. The predicted octanol–water partition coefficient (Wildman–Crippen LogP) is 2.22. The summed E-state index contributed by atoms with van der Waals surface area (Å²) in [6.45, 7) is 1.85. The van der Waals surface area contributed by atoms with Crippen LogP contribution in [0.25, 0.3) is 22.6 Å². The number of benzene rings is 1. The Balaban J connectivity index is 2.16. The van der Waals surface area contributed by atoms with Gasteiger partial charge >= 0.3 is 0 Å². The number of aromatic hydroxyl groups is 1. The molecule has 0 spiro atoms. The van der Waals surface area contributed by atoms with E-state index < -0.39 is 0 Å². The number of pyridine rings is 1. The first kappa shape index (κ1) is 10.6. The topological polar surface area (TPSA) is 87.8 Å². The quantitative estimate of drug-likeness (QED) is 0.608. The van der Waals surface area contributed by atoms with Crippen LogP contribution < -0.4 is 5.73 Å². The van der Waals surface area contributed by atoms with Gasteiger partial charge in [0.15, 0.2) is 5.65 Å². The summed E-state index contributed by atoms with van der Waals surface area (Å²) in [5.74, 6) is 1.35. The van der Waals surface area contributed by atoms with Gasteiger partial charge in [-0.3, -0.25) is 0 Å². The van der Waals surface area contributed by atoms with E-state index in [0.29, 0.717) is 17.3 Å². The van der Waals surface area contributed by atoms with E-state index in [0.717, 1.165) is 16.6 Å². The zero-order chi connectivity index (χ0) is 12.7. The van der Waals surface area contributed by atoms with E-state index in [1.54, 1.807) is 12.1 Å². The number of aryl methyl sites for hydroxylation is 1. The van der Waals surface area contributed by atoms with Crippen molar-refractivity contribution in [2.24, 2.45) is 0 Å². The monoisotopic (exact) mass is 240 g/mol. The van der Waals surface area contributed by atoms with E-state index in [1.165, 1.54) is 0 Å². The van der Waals surface area contributed by atoms with Gasteiger partial charge in [-0.15, -0.1) is 0 Å². The fourth-order valence-electron chi connectivity index (χ4n) is 1.80. The van der Waals surface area contributed by atoms with Gasteiger partial charge in [-0.2, -0.15) is 0 Å². The Morgan fingerprint density at radius 1 is 1.17 bits per heavy atom. The Morgan fingerprint density at radius 3 is 2.78 bits per heavy atom. The largest absolute Gasteiger partial charge is 0.508 e. The van der Waals surface area contributed by atoms with Crippen LogP contribution in [-0.4, -0.2) is 20.1 Å². The summed E-state index contributed by atoms with van der Waals surface area (Å²) in [5.41, 5.74) is 8.65. The Labute approximate surface area is 103 Å². The molecule has 0 unspecified atom stereocenters. The van der Waals surface area contributed by atoms with Gasteiger partial charge in [-0.05, 0) is 30.7 Å². The van der Waals surface area contributed by atoms with Gasteiger partial charge in [0, 0.05) is 5.56 Å². The van der Waals surface area contributed by atoms with Crippen LogP contribution in [0.5, 0.6) is 5.75 Å². The maximum Gasteiger partial charge on any atom is 0.180 e. The van der Waals surface area contributed by atoms with Gasteiger partial charge in [0.25, 0.3) is 0 Å². The average Bonchev–Trinajstić information content (AvgIpc) is 2.75. The summed E-state index contributed by atoms with van der Waals surface area (Å²) in [4.78, 5) is 11.6. The number of anilines is 1. The number of H-pyrrole nitrogens is 1. The lowest BCUT2D eigenvalue weighted by molar-refractivity contribution is 0.471. The molecule has 0 radical (unpaired) electrons. The van der Waals surface area contributed by atoms with Crippen molar-refractivity contribution in [2.45, 2.75) is 6.92 Å². The van der Waals surface area contributed by atoms with E-state index in [-0.39, 0.29) is 5.75 Å². The average molecular weight is 240 g/mol. The van der Waals surface area contributed by atoms with Crippen LogP contribution in [0.1, 0.15) is 5.56 Å². The molecule has 2 aromatic heterocycles. The number of nitrogens with one attached hydrogen (secondary N) is 1. The normalized spacial score (nSPS) is 10.9. The summed E-state index contributed by atoms with van der Waals surface area (Å²) in [6.07, 6.45) is 0. The molecule has 0 aliphatic rings. The summed E-state index contributed by atoms with van der Waals surface area (Å²) in [7, 11) is 0. The Morgan fingerprint density at radius 2 is 2.00 bits per heavy atom. The first-order valence-electron chi connectivity index (χ1n) is 5.56. The van der Waals surface area contributed by atoms with E-state index in [1.807, 2.05) is 25.1 Å². The first-order valence-corrected chi connectivity index (χ1v) is 5.56. The van der Waals surface area contributed by atoms with Gasteiger partial charge < -0.3 is 15.8 Å². The Hall–Kier alpha value is -2.56. The number of phenols is 1. The molecule has 0 saturated carbocycles. The number of fused-ring (bicyclic) bond motifs is 1. The SMILES string of the molecule is Cc1ccc(-c2nc3nc(N)ccc3[nH]2)cc1O. The van der Waals surface area contributed by atoms with Crippen LogP contribution in [0, 0.1) is 6.92 Å². The number of aromatic amines is 1. The highest BCUT2D eigenvalue weighted by Gasteiger charge is 2.08. The van der Waals surface area contributed by atoms with E-state index in [9.17, 15) is 5.11 Å². The van der Waals surface area contributed by atoms with E-state index in [2.05, 4.69) is 15.0 Å². The summed E-state index contributed by atoms with van der Waals surface area (Å²) < 4.78 is 0. The molecule has 3 rings (SSSR count). The van der Waals surface area contributed by atoms with Crippen molar-refractivity contribution in [3.05, 3.63) is 35.9 Å². The van der Waals surface area contributed by atoms with Gasteiger partial charge in [0.1, 0.15) is 17.4 Å². The summed E-state index contributed by atoms with van der Waals surface area (Å²) in [6, 6.07) is 8.98. The molecule has 0 aliphatic carbocycles. The molecule has 0 saturated heterocycles. The molecule has 0 aliphatic heterocycles. The van der Waals surface area contributed by atoms with E-state index in [4.69, 9.17) is 5.73 Å². The lowest BCUT2D eigenvalue weighted by Crippen LogP contribution is -1.88. The van der Waals surface area contributed by atoms with Crippen molar-refractivity contribution < 1.29 is 5.11 Å². The number of imidazole rings is 1. The lowest BCUT2D eigenvalue weighted by Gasteiger charge is -2.00. The van der Waals surface area contributed by atoms with Gasteiger partial charge in [-0.1, -0.05) is 12.1 Å². The minimum atomic E-state index is 0.250. The third-order valence-corrected chi connectivity index (χ3v) is 2.85. The van der Waals surface area contributed by atoms with Crippen LogP contribution in [0.15, 0.2) is 30.3 Å². The fraction of sp³-hybridized carbons (Fsp3) is 0.0769. The highest BCUT2D eigenvalue weighted by molar-refractivity contribution is 5.77. The Kier molecular flexibility index (Phi) is 2.19. The molecule has 2 heterocycles. The maximum absolute atomic E-state index is 9.70. The van der Waals surface area contributed by atoms with Gasteiger partial charge in [0.05, 0.1) is 5.52 Å².